The van der Waals surface area contributed by atoms with Crippen molar-refractivity contribution in [1.29, 1.82) is 0 Å². The molecular weight excluding hydrogens is 326 g/mol. The average Bonchev–Trinajstić information content (AvgIpc) is 2.76. The average molecular weight is 346 g/mol. The van der Waals surface area contributed by atoms with Gasteiger partial charge in [0.15, 0.2) is 0 Å². The molecule has 1 heterocycles. The maximum absolute atomic E-state index is 12.1. The zero-order chi connectivity index (χ0) is 14.8. The third-order valence-electron chi connectivity index (χ3n) is 3.69. The minimum absolute atomic E-state index is 0.217. The monoisotopic (exact) mass is 345 g/mol. The molecule has 0 bridgehead atoms. The van der Waals surface area contributed by atoms with Crippen LogP contribution in [-0.2, 0) is 21.5 Å². The Bertz CT molecular complexity index is 483. The molecule has 1 aromatic heterocycles. The van der Waals surface area contributed by atoms with Crippen molar-refractivity contribution in [2.75, 3.05) is 11.9 Å². The lowest BCUT2D eigenvalue weighted by Gasteiger charge is -2.37. The van der Waals surface area contributed by atoms with Crippen LogP contribution in [0.4, 0.5) is 0 Å². The second-order valence-corrected chi connectivity index (χ2v) is 6.15. The van der Waals surface area contributed by atoms with Crippen molar-refractivity contribution in [3.63, 3.8) is 0 Å². The van der Waals surface area contributed by atoms with Gasteiger partial charge in [0.2, 0.25) is 0 Å². The molecule has 0 amide bonds. The highest BCUT2D eigenvalue weighted by atomic mass is 79.9. The van der Waals surface area contributed by atoms with Crippen molar-refractivity contribution < 1.29 is 14.6 Å². The van der Waals surface area contributed by atoms with E-state index in [9.17, 15) is 9.90 Å². The van der Waals surface area contributed by atoms with Crippen LogP contribution in [-0.4, -0.2) is 43.6 Å². The largest absolute Gasteiger partial charge is 0.465 e. The molecule has 2 rings (SSSR count). The molecule has 1 fully saturated rings. The molecule has 1 unspecified atom stereocenters. The number of carbonyl (C=O) groups is 1. The predicted molar refractivity (Wildman–Crippen MR) is 76.6 cm³/mol. The van der Waals surface area contributed by atoms with Crippen molar-refractivity contribution in [3.05, 3.63) is 11.9 Å². The molecule has 6 nitrogen and oxygen atoms in total. The SMILES string of the molecule is CCOC(=O)C1(c2cn(CC(C)(O)CBr)nn2)CCC1. The number of esters is 1. The molecule has 0 aromatic carbocycles. The van der Waals surface area contributed by atoms with E-state index in [1.54, 1.807) is 24.7 Å². The second kappa shape index (κ2) is 5.81. The first-order valence-corrected chi connectivity index (χ1v) is 7.92. The topological polar surface area (TPSA) is 77.2 Å². The lowest BCUT2D eigenvalue weighted by atomic mass is 9.67. The van der Waals surface area contributed by atoms with Gasteiger partial charge in [-0.2, -0.15) is 0 Å². The van der Waals surface area contributed by atoms with Crippen molar-refractivity contribution in [2.24, 2.45) is 0 Å². The van der Waals surface area contributed by atoms with Gasteiger partial charge in [0, 0.05) is 11.5 Å². The standard InChI is InChI=1S/C13H20BrN3O3/c1-3-20-11(18)13(5-4-6-13)10-7-17(16-15-10)9-12(2,19)8-14/h7,19H,3-6,8-9H2,1-2H3. The Kier molecular flexibility index (Phi) is 4.49. The highest BCUT2D eigenvalue weighted by Crippen LogP contribution is 2.43. The maximum Gasteiger partial charge on any atom is 0.318 e. The number of nitrogens with zero attached hydrogens (tertiary/aromatic N) is 3. The number of aliphatic hydroxyl groups is 1. The van der Waals surface area contributed by atoms with E-state index in [1.807, 2.05) is 0 Å². The summed E-state index contributed by atoms with van der Waals surface area (Å²) in [6.45, 7) is 4.21. The summed E-state index contributed by atoms with van der Waals surface area (Å²) < 4.78 is 6.74. The number of aromatic nitrogens is 3. The van der Waals surface area contributed by atoms with E-state index >= 15 is 0 Å². The summed E-state index contributed by atoms with van der Waals surface area (Å²) in [6.07, 6.45) is 4.23. The smallest absolute Gasteiger partial charge is 0.318 e. The van der Waals surface area contributed by atoms with E-state index in [1.165, 1.54) is 0 Å². The fourth-order valence-corrected chi connectivity index (χ4v) is 2.53. The zero-order valence-corrected chi connectivity index (χ0v) is 13.4. The summed E-state index contributed by atoms with van der Waals surface area (Å²) in [6, 6.07) is 0. The van der Waals surface area contributed by atoms with Crippen LogP contribution in [0.1, 0.15) is 38.8 Å². The summed E-state index contributed by atoms with van der Waals surface area (Å²) >= 11 is 3.26. The van der Waals surface area contributed by atoms with Crippen LogP contribution in [0.15, 0.2) is 6.20 Å². The van der Waals surface area contributed by atoms with E-state index < -0.39 is 11.0 Å². The fraction of sp³-hybridized carbons (Fsp3) is 0.769. The van der Waals surface area contributed by atoms with Crippen LogP contribution in [0, 0.1) is 0 Å². The van der Waals surface area contributed by atoms with Gasteiger partial charge < -0.3 is 9.84 Å². The van der Waals surface area contributed by atoms with Gasteiger partial charge in [-0.05, 0) is 26.7 Å². The molecule has 1 saturated carbocycles. The molecule has 1 atom stereocenters. The van der Waals surface area contributed by atoms with Crippen LogP contribution in [0.5, 0.6) is 0 Å². The molecule has 112 valence electrons. The van der Waals surface area contributed by atoms with Crippen LogP contribution in [0.25, 0.3) is 0 Å². The quantitative estimate of drug-likeness (QED) is 0.623. The third-order valence-corrected chi connectivity index (χ3v) is 4.90. The van der Waals surface area contributed by atoms with E-state index in [0.29, 0.717) is 24.2 Å². The number of carbonyl (C=O) groups excluding carboxylic acids is 1. The van der Waals surface area contributed by atoms with Gasteiger partial charge in [-0.15, -0.1) is 5.10 Å². The zero-order valence-electron chi connectivity index (χ0n) is 11.8. The first kappa shape index (κ1) is 15.4. The van der Waals surface area contributed by atoms with Crippen molar-refractivity contribution in [2.45, 2.75) is 50.7 Å². The van der Waals surface area contributed by atoms with E-state index in [2.05, 4.69) is 26.2 Å². The number of hydrogen-bond donors (Lipinski definition) is 1. The molecule has 0 radical (unpaired) electrons. The number of alkyl halides is 1. The van der Waals surface area contributed by atoms with Gasteiger partial charge in [-0.3, -0.25) is 4.79 Å². The molecule has 1 aromatic rings. The lowest BCUT2D eigenvalue weighted by molar-refractivity contribution is -0.154. The molecule has 0 spiro atoms. The van der Waals surface area contributed by atoms with Gasteiger partial charge >= 0.3 is 5.97 Å². The highest BCUT2D eigenvalue weighted by Gasteiger charge is 2.49. The summed E-state index contributed by atoms with van der Waals surface area (Å²) in [5.74, 6) is -0.217. The maximum atomic E-state index is 12.1. The normalized spacial score (nSPS) is 20.0. The summed E-state index contributed by atoms with van der Waals surface area (Å²) in [5.41, 5.74) is -0.886. The second-order valence-electron chi connectivity index (χ2n) is 5.59. The summed E-state index contributed by atoms with van der Waals surface area (Å²) in [7, 11) is 0. The predicted octanol–water partition coefficient (Wildman–Crippen LogP) is 1.41. The van der Waals surface area contributed by atoms with Crippen molar-refractivity contribution in [3.8, 4) is 0 Å². The molecule has 0 saturated heterocycles. The Balaban J connectivity index is 2.17. The highest BCUT2D eigenvalue weighted by molar-refractivity contribution is 9.09. The van der Waals surface area contributed by atoms with Gasteiger partial charge in [-0.1, -0.05) is 27.6 Å². The van der Waals surface area contributed by atoms with Crippen LogP contribution >= 0.6 is 15.9 Å². The lowest BCUT2D eigenvalue weighted by Crippen LogP contribution is -2.44. The van der Waals surface area contributed by atoms with Gasteiger partial charge in [-0.25, -0.2) is 4.68 Å². The Labute approximate surface area is 126 Å². The van der Waals surface area contributed by atoms with Crippen LogP contribution < -0.4 is 0 Å². The van der Waals surface area contributed by atoms with Crippen molar-refractivity contribution >= 4 is 21.9 Å². The first-order valence-electron chi connectivity index (χ1n) is 6.80. The van der Waals surface area contributed by atoms with Gasteiger partial charge in [0.05, 0.1) is 24.4 Å². The minimum atomic E-state index is -0.901. The summed E-state index contributed by atoms with van der Waals surface area (Å²) in [5, 5.41) is 18.6. The molecule has 7 heteroatoms. The third kappa shape index (κ3) is 2.88. The van der Waals surface area contributed by atoms with E-state index in [4.69, 9.17) is 4.74 Å². The number of halogens is 1. The van der Waals surface area contributed by atoms with E-state index in [0.717, 1.165) is 19.3 Å². The Hall–Kier alpha value is -0.950. The minimum Gasteiger partial charge on any atom is -0.465 e. The Morgan fingerprint density at radius 2 is 2.35 bits per heavy atom. The molecule has 1 aliphatic carbocycles. The fourth-order valence-electron chi connectivity index (χ4n) is 2.35. The first-order chi connectivity index (χ1) is 9.43. The van der Waals surface area contributed by atoms with Crippen LogP contribution in [0.2, 0.25) is 0 Å². The van der Waals surface area contributed by atoms with Gasteiger partial charge in [0.25, 0.3) is 0 Å². The number of ether oxygens (including phenoxy) is 1. The Morgan fingerprint density at radius 1 is 1.65 bits per heavy atom. The van der Waals surface area contributed by atoms with Crippen LogP contribution in [0.3, 0.4) is 0 Å². The molecule has 0 aliphatic heterocycles. The number of rotatable bonds is 6. The number of hydrogen-bond acceptors (Lipinski definition) is 5. The Morgan fingerprint density at radius 3 is 2.85 bits per heavy atom. The van der Waals surface area contributed by atoms with Crippen molar-refractivity contribution in [1.82, 2.24) is 15.0 Å². The molecule has 1 aliphatic rings. The molecule has 20 heavy (non-hydrogen) atoms. The summed E-state index contributed by atoms with van der Waals surface area (Å²) in [4.78, 5) is 12.1. The van der Waals surface area contributed by atoms with Gasteiger partial charge in [0.1, 0.15) is 5.41 Å². The molecule has 1 N–H and O–H groups in total. The molecular formula is C13H20BrN3O3. The van der Waals surface area contributed by atoms with E-state index in [-0.39, 0.29) is 5.97 Å².